The highest BCUT2D eigenvalue weighted by atomic mass is 32.2. The van der Waals surface area contributed by atoms with Crippen LogP contribution in [0, 0.1) is 0 Å². The van der Waals surface area contributed by atoms with Gasteiger partial charge in [0.05, 0.1) is 6.10 Å². The summed E-state index contributed by atoms with van der Waals surface area (Å²) >= 11 is 0. The first-order valence-electron chi connectivity index (χ1n) is 7.53. The van der Waals surface area contributed by atoms with Crippen molar-refractivity contribution in [3.63, 3.8) is 0 Å². The highest BCUT2D eigenvalue weighted by Crippen LogP contribution is 2.13. The average Bonchev–Trinajstić information content (AvgIpc) is 2.36. The minimum Gasteiger partial charge on any atom is -0.381 e. The van der Waals surface area contributed by atoms with Crippen LogP contribution in [0.5, 0.6) is 0 Å². The SMILES string of the molecule is CCCCCCCCCCC(CCS(C)=O)OC. The van der Waals surface area contributed by atoms with Crippen molar-refractivity contribution in [2.45, 2.75) is 77.2 Å². The molecule has 0 aliphatic rings. The maximum absolute atomic E-state index is 11.0. The third kappa shape index (κ3) is 12.6. The Hall–Kier alpha value is 0.110. The zero-order valence-corrected chi connectivity index (χ0v) is 13.4. The molecular formula is C15H32O2S. The lowest BCUT2D eigenvalue weighted by Crippen LogP contribution is -2.14. The molecule has 18 heavy (non-hydrogen) atoms. The number of ether oxygens (including phenoxy) is 1. The Kier molecular flexibility index (Phi) is 13.6. The molecule has 0 fully saturated rings. The van der Waals surface area contributed by atoms with Crippen molar-refractivity contribution in [3.05, 3.63) is 0 Å². The Labute approximate surface area is 116 Å². The van der Waals surface area contributed by atoms with E-state index in [0.29, 0.717) is 6.10 Å². The van der Waals surface area contributed by atoms with E-state index < -0.39 is 10.8 Å². The second-order valence-corrected chi connectivity index (χ2v) is 6.74. The summed E-state index contributed by atoms with van der Waals surface area (Å²) < 4.78 is 16.4. The predicted octanol–water partition coefficient (Wildman–Crippen LogP) is 4.30. The van der Waals surface area contributed by atoms with Crippen LogP contribution in [0.3, 0.4) is 0 Å². The van der Waals surface area contributed by atoms with Crippen LogP contribution < -0.4 is 0 Å². The molecule has 2 nitrogen and oxygen atoms in total. The van der Waals surface area contributed by atoms with Crippen molar-refractivity contribution >= 4 is 10.8 Å². The Bertz CT molecular complexity index is 195. The summed E-state index contributed by atoms with van der Waals surface area (Å²) in [6.45, 7) is 2.26. The first-order chi connectivity index (χ1) is 8.70. The molecule has 0 heterocycles. The van der Waals surface area contributed by atoms with E-state index in [1.807, 2.05) is 0 Å². The van der Waals surface area contributed by atoms with E-state index in [-0.39, 0.29) is 0 Å². The molecule has 2 atom stereocenters. The summed E-state index contributed by atoms with van der Waals surface area (Å²) in [5, 5.41) is 0. The summed E-state index contributed by atoms with van der Waals surface area (Å²) in [7, 11) is 1.09. The molecular weight excluding hydrogens is 244 g/mol. The van der Waals surface area contributed by atoms with Crippen LogP contribution in [0.4, 0.5) is 0 Å². The number of rotatable bonds is 13. The van der Waals surface area contributed by atoms with Crippen molar-refractivity contribution < 1.29 is 8.95 Å². The van der Waals surface area contributed by atoms with Crippen LogP contribution in [-0.2, 0) is 15.5 Å². The van der Waals surface area contributed by atoms with E-state index in [4.69, 9.17) is 4.74 Å². The summed E-state index contributed by atoms with van der Waals surface area (Å²) in [4.78, 5) is 0. The molecule has 0 aromatic heterocycles. The lowest BCUT2D eigenvalue weighted by Gasteiger charge is -2.14. The van der Waals surface area contributed by atoms with Gasteiger partial charge in [-0.15, -0.1) is 0 Å². The van der Waals surface area contributed by atoms with Crippen LogP contribution in [0.1, 0.15) is 71.1 Å². The Morgan fingerprint density at radius 3 is 2.00 bits per heavy atom. The number of hydrogen-bond acceptors (Lipinski definition) is 2. The fourth-order valence-corrected chi connectivity index (χ4v) is 2.78. The van der Waals surface area contributed by atoms with Gasteiger partial charge in [0.25, 0.3) is 0 Å². The van der Waals surface area contributed by atoms with Crippen LogP contribution in [0.15, 0.2) is 0 Å². The van der Waals surface area contributed by atoms with Crippen molar-refractivity contribution in [2.24, 2.45) is 0 Å². The number of hydrogen-bond donors (Lipinski definition) is 0. The molecule has 0 aliphatic heterocycles. The zero-order valence-electron chi connectivity index (χ0n) is 12.6. The zero-order chi connectivity index (χ0) is 13.6. The third-order valence-electron chi connectivity index (χ3n) is 3.44. The van der Waals surface area contributed by atoms with E-state index in [1.54, 1.807) is 13.4 Å². The second kappa shape index (κ2) is 13.5. The van der Waals surface area contributed by atoms with E-state index >= 15 is 0 Å². The van der Waals surface area contributed by atoms with Crippen molar-refractivity contribution in [1.82, 2.24) is 0 Å². The van der Waals surface area contributed by atoms with Crippen LogP contribution >= 0.6 is 0 Å². The standard InChI is InChI=1S/C15H32O2S/c1-4-5-6-7-8-9-10-11-12-15(17-2)13-14-18(3)16/h15H,4-14H2,1-3H3. The molecule has 0 rings (SSSR count). The average molecular weight is 276 g/mol. The molecule has 0 aliphatic carbocycles. The van der Waals surface area contributed by atoms with Gasteiger partial charge in [-0.3, -0.25) is 4.21 Å². The lowest BCUT2D eigenvalue weighted by atomic mass is 10.0. The first kappa shape index (κ1) is 18.1. The second-order valence-electron chi connectivity index (χ2n) is 5.19. The Balaban J connectivity index is 3.31. The van der Waals surface area contributed by atoms with E-state index in [9.17, 15) is 4.21 Å². The molecule has 0 bridgehead atoms. The van der Waals surface area contributed by atoms with Gasteiger partial charge >= 0.3 is 0 Å². The Morgan fingerprint density at radius 1 is 0.944 bits per heavy atom. The topological polar surface area (TPSA) is 26.3 Å². The molecule has 0 aromatic carbocycles. The highest BCUT2D eigenvalue weighted by Gasteiger charge is 2.07. The molecule has 110 valence electrons. The third-order valence-corrected chi connectivity index (χ3v) is 4.25. The predicted molar refractivity (Wildman–Crippen MR) is 81.6 cm³/mol. The smallest absolute Gasteiger partial charge is 0.0580 e. The summed E-state index contributed by atoms with van der Waals surface area (Å²) in [5.74, 6) is 0.773. The molecule has 0 saturated carbocycles. The van der Waals surface area contributed by atoms with Gasteiger partial charge in [0.15, 0.2) is 0 Å². The first-order valence-corrected chi connectivity index (χ1v) is 9.26. The summed E-state index contributed by atoms with van der Waals surface area (Å²) in [6, 6.07) is 0. The van der Waals surface area contributed by atoms with Gasteiger partial charge in [0, 0.05) is 29.9 Å². The summed E-state index contributed by atoms with van der Waals surface area (Å²) in [6.07, 6.45) is 15.0. The van der Waals surface area contributed by atoms with Gasteiger partial charge in [0.1, 0.15) is 0 Å². The van der Waals surface area contributed by atoms with Crippen LogP contribution in [0.25, 0.3) is 0 Å². The molecule has 0 amide bonds. The molecule has 0 saturated heterocycles. The van der Waals surface area contributed by atoms with Gasteiger partial charge in [-0.05, 0) is 12.8 Å². The van der Waals surface area contributed by atoms with Crippen LogP contribution in [0.2, 0.25) is 0 Å². The minimum absolute atomic E-state index is 0.314. The Morgan fingerprint density at radius 2 is 1.50 bits per heavy atom. The van der Waals surface area contributed by atoms with E-state index in [2.05, 4.69) is 6.92 Å². The molecule has 0 aromatic rings. The van der Waals surface area contributed by atoms with Gasteiger partial charge in [0.2, 0.25) is 0 Å². The lowest BCUT2D eigenvalue weighted by molar-refractivity contribution is 0.0905. The highest BCUT2D eigenvalue weighted by molar-refractivity contribution is 7.84. The number of methoxy groups -OCH3 is 1. The monoisotopic (exact) mass is 276 g/mol. The van der Waals surface area contributed by atoms with Gasteiger partial charge in [-0.1, -0.05) is 58.3 Å². The maximum Gasteiger partial charge on any atom is 0.0580 e. The van der Waals surface area contributed by atoms with Gasteiger partial charge < -0.3 is 4.74 Å². The minimum atomic E-state index is -0.682. The van der Waals surface area contributed by atoms with E-state index in [1.165, 1.54) is 51.4 Å². The van der Waals surface area contributed by atoms with Gasteiger partial charge in [-0.2, -0.15) is 0 Å². The number of unbranched alkanes of at least 4 members (excludes halogenated alkanes) is 7. The van der Waals surface area contributed by atoms with Crippen molar-refractivity contribution in [3.8, 4) is 0 Å². The molecule has 2 unspecified atom stereocenters. The molecule has 0 radical (unpaired) electrons. The fraction of sp³-hybridized carbons (Fsp3) is 1.00. The van der Waals surface area contributed by atoms with Crippen molar-refractivity contribution in [2.75, 3.05) is 19.1 Å². The largest absolute Gasteiger partial charge is 0.381 e. The maximum atomic E-state index is 11.0. The van der Waals surface area contributed by atoms with E-state index in [0.717, 1.165) is 18.6 Å². The normalized spacial score (nSPS) is 14.6. The molecule has 0 spiro atoms. The summed E-state index contributed by atoms with van der Waals surface area (Å²) in [5.41, 5.74) is 0. The molecule has 3 heteroatoms. The van der Waals surface area contributed by atoms with Gasteiger partial charge in [-0.25, -0.2) is 0 Å². The molecule has 0 N–H and O–H groups in total. The van der Waals surface area contributed by atoms with Crippen LogP contribution in [-0.4, -0.2) is 29.4 Å². The van der Waals surface area contributed by atoms with Crippen molar-refractivity contribution in [1.29, 1.82) is 0 Å². The quantitative estimate of drug-likeness (QED) is 0.469. The fourth-order valence-electron chi connectivity index (χ4n) is 2.18.